The van der Waals surface area contributed by atoms with Crippen molar-refractivity contribution in [1.29, 1.82) is 0 Å². The number of amides is 1. The van der Waals surface area contributed by atoms with Gasteiger partial charge in [0.1, 0.15) is 5.82 Å². The number of carboxylic acids is 1. The van der Waals surface area contributed by atoms with E-state index in [1.165, 1.54) is 18.2 Å². The maximum atomic E-state index is 13.9. The van der Waals surface area contributed by atoms with E-state index in [0.29, 0.717) is 18.1 Å². The normalized spacial score (nSPS) is 12.0. The van der Waals surface area contributed by atoms with E-state index in [1.54, 1.807) is 12.1 Å². The van der Waals surface area contributed by atoms with Gasteiger partial charge in [-0.2, -0.15) is 0 Å². The maximum absolute atomic E-state index is 13.9. The van der Waals surface area contributed by atoms with Gasteiger partial charge in [0, 0.05) is 17.1 Å². The van der Waals surface area contributed by atoms with Crippen LogP contribution in [0.2, 0.25) is 5.02 Å². The minimum Gasteiger partial charge on any atom is -0.479 e. The Balaban J connectivity index is 2.03. The second kappa shape index (κ2) is 9.31. The number of carbonyl (C=O) groups excluding carboxylic acids is 1. The van der Waals surface area contributed by atoms with Gasteiger partial charge in [0.05, 0.1) is 6.54 Å². The van der Waals surface area contributed by atoms with Crippen molar-refractivity contribution in [2.24, 2.45) is 0 Å². The van der Waals surface area contributed by atoms with E-state index in [1.807, 2.05) is 24.0 Å². The minimum absolute atomic E-state index is 0.00262. The number of nitrogens with zero attached hydrogens (tertiary/aromatic N) is 1. The Bertz CT molecular complexity index is 768. The topological polar surface area (TPSA) is 69.6 Å². The molecule has 0 aliphatic rings. The third kappa shape index (κ3) is 5.54. The van der Waals surface area contributed by atoms with Gasteiger partial charge in [0.15, 0.2) is 6.04 Å². The van der Waals surface area contributed by atoms with Crippen LogP contribution in [0.4, 0.5) is 4.39 Å². The fourth-order valence-electron chi connectivity index (χ4n) is 2.52. The van der Waals surface area contributed by atoms with Gasteiger partial charge in [-0.3, -0.25) is 9.69 Å². The molecule has 0 aliphatic heterocycles. The van der Waals surface area contributed by atoms with Crippen LogP contribution < -0.4 is 5.32 Å². The molecule has 2 N–H and O–H groups in total. The van der Waals surface area contributed by atoms with Crippen LogP contribution >= 0.6 is 11.6 Å². The number of aliphatic carboxylic acids is 1. The standard InChI is InChI=1S/C19H20ClFN2O3/c1-2-23(11-13-7-9-14(20)10-8-13)12-17(24)22-18(19(25)26)15-5-3-4-6-16(15)21/h3-10,18H,2,11-12H2,1H3,(H,22,24)(H,25,26)/t18-/m1/s1. The van der Waals surface area contributed by atoms with E-state index < -0.39 is 23.7 Å². The molecule has 2 rings (SSSR count). The van der Waals surface area contributed by atoms with Crippen molar-refractivity contribution >= 4 is 23.5 Å². The van der Waals surface area contributed by atoms with Crippen molar-refractivity contribution in [2.75, 3.05) is 13.1 Å². The zero-order valence-electron chi connectivity index (χ0n) is 14.3. The Morgan fingerprint density at radius 1 is 1.19 bits per heavy atom. The highest BCUT2D eigenvalue weighted by Crippen LogP contribution is 2.17. The number of halogens is 2. The molecule has 1 amide bonds. The van der Waals surface area contributed by atoms with Crippen LogP contribution in [0.5, 0.6) is 0 Å². The van der Waals surface area contributed by atoms with Crippen LogP contribution in [0.1, 0.15) is 24.1 Å². The third-order valence-electron chi connectivity index (χ3n) is 3.90. The van der Waals surface area contributed by atoms with Crippen molar-refractivity contribution in [2.45, 2.75) is 19.5 Å². The second-order valence-electron chi connectivity index (χ2n) is 5.79. The number of hydrogen-bond acceptors (Lipinski definition) is 3. The molecule has 0 unspecified atom stereocenters. The summed E-state index contributed by atoms with van der Waals surface area (Å²) in [5.74, 6) is -2.48. The fourth-order valence-corrected chi connectivity index (χ4v) is 2.64. The van der Waals surface area contributed by atoms with Gasteiger partial charge in [0.25, 0.3) is 0 Å². The Morgan fingerprint density at radius 3 is 2.42 bits per heavy atom. The molecule has 0 bridgehead atoms. The zero-order chi connectivity index (χ0) is 19.1. The SMILES string of the molecule is CCN(CC(=O)N[C@@H](C(=O)O)c1ccccc1F)Cc1ccc(Cl)cc1. The first kappa shape index (κ1) is 19.9. The van der Waals surface area contributed by atoms with Gasteiger partial charge in [-0.25, -0.2) is 9.18 Å². The molecule has 2 aromatic carbocycles. The van der Waals surface area contributed by atoms with Gasteiger partial charge < -0.3 is 10.4 Å². The molecule has 0 fully saturated rings. The number of rotatable bonds is 8. The predicted octanol–water partition coefficient (Wildman–Crippen LogP) is 3.24. The fraction of sp³-hybridized carbons (Fsp3) is 0.263. The molecule has 0 saturated carbocycles. The smallest absolute Gasteiger partial charge is 0.331 e. The van der Waals surface area contributed by atoms with Crippen LogP contribution in [-0.4, -0.2) is 35.0 Å². The largest absolute Gasteiger partial charge is 0.479 e. The van der Waals surface area contributed by atoms with E-state index >= 15 is 0 Å². The number of likely N-dealkylation sites (N-methyl/N-ethyl adjacent to an activating group) is 1. The molecule has 1 atom stereocenters. The summed E-state index contributed by atoms with van der Waals surface area (Å²) in [6, 6.07) is 11.3. The Morgan fingerprint density at radius 2 is 1.85 bits per heavy atom. The van der Waals surface area contributed by atoms with Crippen LogP contribution in [0.15, 0.2) is 48.5 Å². The summed E-state index contributed by atoms with van der Waals surface area (Å²) in [6.07, 6.45) is 0. The first-order valence-electron chi connectivity index (χ1n) is 8.14. The van der Waals surface area contributed by atoms with Gasteiger partial charge in [0.2, 0.25) is 5.91 Å². The average Bonchev–Trinajstić information content (AvgIpc) is 2.61. The summed E-state index contributed by atoms with van der Waals surface area (Å²) in [6.45, 7) is 3.00. The van der Waals surface area contributed by atoms with E-state index in [4.69, 9.17) is 11.6 Å². The lowest BCUT2D eigenvalue weighted by Gasteiger charge is -2.22. The molecule has 0 radical (unpaired) electrons. The van der Waals surface area contributed by atoms with Gasteiger partial charge in [-0.15, -0.1) is 0 Å². The highest BCUT2D eigenvalue weighted by Gasteiger charge is 2.25. The Kier molecular flexibility index (Phi) is 7.12. The summed E-state index contributed by atoms with van der Waals surface area (Å²) in [4.78, 5) is 25.6. The van der Waals surface area contributed by atoms with Crippen LogP contribution in [0.25, 0.3) is 0 Å². The number of benzene rings is 2. The number of nitrogens with one attached hydrogen (secondary N) is 1. The number of carboxylic acid groups (broad SMARTS) is 1. The molecular weight excluding hydrogens is 359 g/mol. The van der Waals surface area contributed by atoms with E-state index in [0.717, 1.165) is 11.6 Å². The van der Waals surface area contributed by atoms with Crippen molar-refractivity contribution in [3.05, 3.63) is 70.5 Å². The van der Waals surface area contributed by atoms with Crippen molar-refractivity contribution in [1.82, 2.24) is 10.2 Å². The van der Waals surface area contributed by atoms with Gasteiger partial charge in [-0.1, -0.05) is 48.9 Å². The lowest BCUT2D eigenvalue weighted by Crippen LogP contribution is -2.41. The molecular formula is C19H20ClFN2O3. The zero-order valence-corrected chi connectivity index (χ0v) is 15.0. The molecule has 0 saturated heterocycles. The Hall–Kier alpha value is -2.44. The first-order valence-corrected chi connectivity index (χ1v) is 8.52. The quantitative estimate of drug-likeness (QED) is 0.739. The van der Waals surface area contributed by atoms with Crippen molar-refractivity contribution < 1.29 is 19.1 Å². The first-order chi connectivity index (χ1) is 12.4. The summed E-state index contributed by atoms with van der Waals surface area (Å²) in [5, 5.41) is 12.4. The highest BCUT2D eigenvalue weighted by molar-refractivity contribution is 6.30. The maximum Gasteiger partial charge on any atom is 0.331 e. The van der Waals surface area contributed by atoms with Gasteiger partial charge in [-0.05, 0) is 30.3 Å². The van der Waals surface area contributed by atoms with Crippen LogP contribution in [-0.2, 0) is 16.1 Å². The molecule has 0 spiro atoms. The molecule has 2 aromatic rings. The van der Waals surface area contributed by atoms with E-state index in [-0.39, 0.29) is 12.1 Å². The number of hydrogen-bond donors (Lipinski definition) is 2. The van der Waals surface area contributed by atoms with E-state index in [9.17, 15) is 19.1 Å². The molecule has 5 nitrogen and oxygen atoms in total. The predicted molar refractivity (Wildman–Crippen MR) is 97.3 cm³/mol. The minimum atomic E-state index is -1.43. The lowest BCUT2D eigenvalue weighted by atomic mass is 10.1. The average molecular weight is 379 g/mol. The molecule has 0 aliphatic carbocycles. The second-order valence-corrected chi connectivity index (χ2v) is 6.23. The number of carbonyl (C=O) groups is 2. The molecule has 0 aromatic heterocycles. The molecule has 7 heteroatoms. The summed E-state index contributed by atoms with van der Waals surface area (Å²) < 4.78 is 13.9. The molecule has 138 valence electrons. The van der Waals surface area contributed by atoms with Crippen molar-refractivity contribution in [3.63, 3.8) is 0 Å². The molecule has 26 heavy (non-hydrogen) atoms. The van der Waals surface area contributed by atoms with Gasteiger partial charge >= 0.3 is 5.97 Å². The Labute approximate surface area is 156 Å². The third-order valence-corrected chi connectivity index (χ3v) is 4.15. The van der Waals surface area contributed by atoms with Crippen LogP contribution in [0, 0.1) is 5.82 Å². The summed E-state index contributed by atoms with van der Waals surface area (Å²) >= 11 is 5.86. The highest BCUT2D eigenvalue weighted by atomic mass is 35.5. The van der Waals surface area contributed by atoms with Crippen LogP contribution in [0.3, 0.4) is 0 Å². The molecule has 0 heterocycles. The summed E-state index contributed by atoms with van der Waals surface area (Å²) in [5.41, 5.74) is 0.905. The monoisotopic (exact) mass is 378 g/mol. The van der Waals surface area contributed by atoms with E-state index in [2.05, 4.69) is 5.32 Å². The lowest BCUT2D eigenvalue weighted by molar-refractivity contribution is -0.142. The van der Waals surface area contributed by atoms with Crippen molar-refractivity contribution in [3.8, 4) is 0 Å². The summed E-state index contributed by atoms with van der Waals surface area (Å²) in [7, 11) is 0.